The number of ether oxygens (including phenoxy) is 2. The third kappa shape index (κ3) is 4.60. The maximum absolute atomic E-state index is 13.2. The number of amides is 2. The van der Waals surface area contributed by atoms with Gasteiger partial charge in [0.2, 0.25) is 5.91 Å². The summed E-state index contributed by atoms with van der Waals surface area (Å²) in [6.45, 7) is 7.28. The smallest absolute Gasteiger partial charge is 0.408 e. The summed E-state index contributed by atoms with van der Waals surface area (Å²) in [6.07, 6.45) is 4.08. The van der Waals surface area contributed by atoms with Crippen LogP contribution < -0.4 is 10.6 Å². The maximum Gasteiger partial charge on any atom is 0.408 e. The summed E-state index contributed by atoms with van der Waals surface area (Å²) in [5, 5.41) is 5.89. The van der Waals surface area contributed by atoms with Crippen molar-refractivity contribution >= 4 is 18.0 Å². The Balaban J connectivity index is 1.69. The van der Waals surface area contributed by atoms with E-state index in [1.807, 2.05) is 6.92 Å². The minimum atomic E-state index is -0.941. The maximum atomic E-state index is 13.2. The van der Waals surface area contributed by atoms with Crippen LogP contribution in [0.2, 0.25) is 0 Å². The van der Waals surface area contributed by atoms with E-state index in [4.69, 9.17) is 9.47 Å². The number of carbonyl (C=O) groups is 3. The lowest BCUT2D eigenvalue weighted by Gasteiger charge is -2.60. The molecule has 1 aromatic rings. The molecule has 1 aromatic carbocycles. The Morgan fingerprint density at radius 3 is 2.13 bits per heavy atom. The number of esters is 1. The summed E-state index contributed by atoms with van der Waals surface area (Å²) >= 11 is 0. The van der Waals surface area contributed by atoms with Gasteiger partial charge in [0.05, 0.1) is 18.7 Å². The third-order valence-corrected chi connectivity index (χ3v) is 6.12. The first-order valence-corrected chi connectivity index (χ1v) is 10.5. The lowest BCUT2D eigenvalue weighted by atomic mass is 9.48. The van der Waals surface area contributed by atoms with Gasteiger partial charge < -0.3 is 20.1 Å². The van der Waals surface area contributed by atoms with Crippen molar-refractivity contribution < 1.29 is 23.9 Å². The standard InChI is InChI=1S/C23H32N2O5/c1-15(16-7-9-17(10-8-16)18(26)29-5)24-19(27)23(13-22(14-23)11-6-12-22)25-20(28)30-21(2,3)4/h7-10,15H,6,11-14H2,1-5H3,(H,24,27)(H,25,28)/t15-/m0/s1. The highest BCUT2D eigenvalue weighted by Crippen LogP contribution is 2.60. The topological polar surface area (TPSA) is 93.7 Å². The molecule has 1 atom stereocenters. The zero-order valence-electron chi connectivity index (χ0n) is 18.5. The van der Waals surface area contributed by atoms with E-state index in [1.165, 1.54) is 13.5 Å². The van der Waals surface area contributed by atoms with Crippen LogP contribution in [0.4, 0.5) is 4.79 Å². The Kier molecular flexibility index (Phi) is 5.85. The normalized spacial score (nSPS) is 19.6. The van der Waals surface area contributed by atoms with Crippen LogP contribution in [0.3, 0.4) is 0 Å². The molecule has 30 heavy (non-hydrogen) atoms. The van der Waals surface area contributed by atoms with E-state index in [9.17, 15) is 14.4 Å². The molecule has 2 aliphatic carbocycles. The fourth-order valence-electron chi connectivity index (χ4n) is 4.51. The van der Waals surface area contributed by atoms with Crippen molar-refractivity contribution in [2.45, 2.75) is 77.0 Å². The summed E-state index contributed by atoms with van der Waals surface area (Å²) in [5.41, 5.74) is -0.0791. The van der Waals surface area contributed by atoms with Crippen LogP contribution in [-0.4, -0.2) is 36.2 Å². The number of methoxy groups -OCH3 is 1. The molecule has 0 radical (unpaired) electrons. The number of hydrogen-bond acceptors (Lipinski definition) is 5. The number of carbonyl (C=O) groups excluding carboxylic acids is 3. The van der Waals surface area contributed by atoms with Gasteiger partial charge in [-0.05, 0) is 76.5 Å². The van der Waals surface area contributed by atoms with E-state index in [0.29, 0.717) is 18.4 Å². The van der Waals surface area contributed by atoms with Gasteiger partial charge in [0.1, 0.15) is 11.1 Å². The number of alkyl carbamates (subject to hydrolysis) is 1. The van der Waals surface area contributed by atoms with Crippen LogP contribution >= 0.6 is 0 Å². The second kappa shape index (κ2) is 7.93. The Morgan fingerprint density at radius 2 is 1.67 bits per heavy atom. The second-order valence-electron chi connectivity index (χ2n) is 9.72. The van der Waals surface area contributed by atoms with Crippen LogP contribution in [-0.2, 0) is 14.3 Å². The van der Waals surface area contributed by atoms with Crippen molar-refractivity contribution in [2.24, 2.45) is 5.41 Å². The van der Waals surface area contributed by atoms with Crippen LogP contribution in [0.15, 0.2) is 24.3 Å². The van der Waals surface area contributed by atoms with Gasteiger partial charge in [-0.2, -0.15) is 0 Å². The second-order valence-corrected chi connectivity index (χ2v) is 9.72. The molecule has 164 valence electrons. The van der Waals surface area contributed by atoms with E-state index in [-0.39, 0.29) is 17.4 Å². The molecule has 2 N–H and O–H groups in total. The highest BCUT2D eigenvalue weighted by Gasteiger charge is 2.61. The minimum absolute atomic E-state index is 0.178. The van der Waals surface area contributed by atoms with Gasteiger partial charge >= 0.3 is 12.1 Å². The Bertz CT molecular complexity index is 813. The average Bonchev–Trinajstić information content (AvgIpc) is 2.60. The summed E-state index contributed by atoms with van der Waals surface area (Å²) in [5.74, 6) is -0.602. The monoisotopic (exact) mass is 416 g/mol. The third-order valence-electron chi connectivity index (χ3n) is 6.12. The first-order valence-electron chi connectivity index (χ1n) is 10.5. The number of rotatable bonds is 5. The summed E-state index contributed by atoms with van der Waals surface area (Å²) in [4.78, 5) is 37.2. The fourth-order valence-corrected chi connectivity index (χ4v) is 4.51. The van der Waals surface area contributed by atoms with Crippen LogP contribution in [0.1, 0.15) is 81.8 Å². The molecular formula is C23H32N2O5. The predicted molar refractivity (Wildman–Crippen MR) is 112 cm³/mol. The fraction of sp³-hybridized carbons (Fsp3) is 0.609. The van der Waals surface area contributed by atoms with Gasteiger partial charge in [0.25, 0.3) is 0 Å². The largest absolute Gasteiger partial charge is 0.465 e. The molecule has 0 unspecified atom stereocenters. The lowest BCUT2D eigenvalue weighted by Crippen LogP contribution is -2.70. The molecule has 3 rings (SSSR count). The molecule has 0 bridgehead atoms. The van der Waals surface area contributed by atoms with Gasteiger partial charge in [-0.15, -0.1) is 0 Å². The van der Waals surface area contributed by atoms with Gasteiger partial charge in [-0.3, -0.25) is 4.79 Å². The summed E-state index contributed by atoms with van der Waals surface area (Å²) in [7, 11) is 1.34. The van der Waals surface area contributed by atoms with Gasteiger partial charge in [-0.1, -0.05) is 18.6 Å². The highest BCUT2D eigenvalue weighted by atomic mass is 16.6. The number of nitrogens with one attached hydrogen (secondary N) is 2. The lowest BCUT2D eigenvalue weighted by molar-refractivity contribution is -0.145. The molecule has 7 heteroatoms. The first-order chi connectivity index (χ1) is 14.0. The van der Waals surface area contributed by atoms with Crippen molar-refractivity contribution in [2.75, 3.05) is 7.11 Å². The van der Waals surface area contributed by atoms with Crippen molar-refractivity contribution in [3.63, 3.8) is 0 Å². The number of hydrogen-bond donors (Lipinski definition) is 2. The molecule has 2 amide bonds. The van der Waals surface area contributed by atoms with Crippen molar-refractivity contribution in [1.82, 2.24) is 10.6 Å². The molecule has 2 aliphatic rings. The average molecular weight is 417 g/mol. The summed E-state index contributed by atoms with van der Waals surface area (Å²) in [6, 6.07) is 6.65. The zero-order chi connectivity index (χ0) is 22.2. The van der Waals surface area contributed by atoms with Gasteiger partial charge in [-0.25, -0.2) is 9.59 Å². The van der Waals surface area contributed by atoms with E-state index >= 15 is 0 Å². The van der Waals surface area contributed by atoms with Gasteiger partial charge in [0, 0.05) is 0 Å². The molecule has 1 spiro atoms. The van der Waals surface area contributed by atoms with Crippen LogP contribution in [0.25, 0.3) is 0 Å². The molecule has 7 nitrogen and oxygen atoms in total. The Morgan fingerprint density at radius 1 is 1.07 bits per heavy atom. The first kappa shape index (κ1) is 22.1. The quantitative estimate of drug-likeness (QED) is 0.711. The van der Waals surface area contributed by atoms with Crippen LogP contribution in [0.5, 0.6) is 0 Å². The molecule has 0 aromatic heterocycles. The van der Waals surface area contributed by atoms with E-state index in [0.717, 1.165) is 18.4 Å². The Hall–Kier alpha value is -2.57. The van der Waals surface area contributed by atoms with E-state index in [1.54, 1.807) is 45.0 Å². The van der Waals surface area contributed by atoms with Gasteiger partial charge in [0.15, 0.2) is 0 Å². The minimum Gasteiger partial charge on any atom is -0.465 e. The highest BCUT2D eigenvalue weighted by molar-refractivity contribution is 5.92. The molecular weight excluding hydrogens is 384 g/mol. The van der Waals surface area contributed by atoms with E-state index < -0.39 is 23.2 Å². The Labute approximate surface area is 177 Å². The summed E-state index contributed by atoms with van der Waals surface area (Å²) < 4.78 is 10.1. The van der Waals surface area contributed by atoms with Crippen molar-refractivity contribution in [3.05, 3.63) is 35.4 Å². The van der Waals surface area contributed by atoms with E-state index in [2.05, 4.69) is 10.6 Å². The zero-order valence-corrected chi connectivity index (χ0v) is 18.5. The molecule has 0 aliphatic heterocycles. The molecule has 2 fully saturated rings. The van der Waals surface area contributed by atoms with Crippen molar-refractivity contribution in [1.29, 1.82) is 0 Å². The predicted octanol–water partition coefficient (Wildman–Crippen LogP) is 3.88. The molecule has 2 saturated carbocycles. The van der Waals surface area contributed by atoms with Crippen LogP contribution in [0, 0.1) is 5.41 Å². The molecule has 0 saturated heterocycles. The van der Waals surface area contributed by atoms with Crippen molar-refractivity contribution in [3.8, 4) is 0 Å². The SMILES string of the molecule is COC(=O)c1ccc([C@H](C)NC(=O)C2(NC(=O)OC(C)(C)C)CC3(CCC3)C2)cc1. The molecule has 0 heterocycles. The number of benzene rings is 1.